The largest absolute Gasteiger partial charge is 0.393 e. The highest BCUT2D eigenvalue weighted by Crippen LogP contribution is 2.65. The Morgan fingerprint density at radius 2 is 1.12 bits per heavy atom. The smallest absolute Gasteiger partial charge is 0.120 e. The van der Waals surface area contributed by atoms with Crippen LogP contribution in [0.3, 0.4) is 0 Å². The second-order valence-corrected chi connectivity index (χ2v) is 41.3. The van der Waals surface area contributed by atoms with E-state index < -0.39 is 0 Å². The Labute approximate surface area is 615 Å². The molecule has 22 unspecified atom stereocenters. The molecule has 15 fully saturated rings. The van der Waals surface area contributed by atoms with E-state index in [0.29, 0.717) is 50.2 Å². The average molecular weight is 1370 g/mol. The molecule has 22 atom stereocenters. The van der Waals surface area contributed by atoms with Gasteiger partial charge in [-0.3, -0.25) is 0 Å². The SMILES string of the molecule is C=C(C)C1(C)CC(C)C2CCCC21.C=CC1(C)CC2CCCC2C1.C=CC1(C)CCC2CCCC21.CC1(C2=CCCCC2)CC2(O)CCC1C2.CC1(C2=CCCCC2)CCC2C(O)CCC21.CC1(C=C2CCCC2)CC2CC(CC=O)CC2C1.CC1=C(C2(C)CC3CCCC3C2O)CCC1. The van der Waals surface area contributed by atoms with Crippen LogP contribution in [-0.2, 0) is 4.79 Å². The molecule has 562 valence electrons. The van der Waals surface area contributed by atoms with Crippen LogP contribution in [0, 0.1) is 127 Å². The van der Waals surface area contributed by atoms with Crippen LogP contribution in [0.15, 0.2) is 83.6 Å². The van der Waals surface area contributed by atoms with Gasteiger partial charge in [-0.05, 0) is 373 Å². The molecular weight excluding hydrogens is 1220 g/mol. The number of hydrogen-bond acceptors (Lipinski definition) is 4. The summed E-state index contributed by atoms with van der Waals surface area (Å²) in [6.45, 7) is 36.0. The second-order valence-electron chi connectivity index (χ2n) is 41.3. The third kappa shape index (κ3) is 16.1. The third-order valence-corrected chi connectivity index (χ3v) is 34.7. The van der Waals surface area contributed by atoms with Crippen LogP contribution in [-0.4, -0.2) is 39.4 Å². The van der Waals surface area contributed by atoms with Crippen LogP contribution in [0.5, 0.6) is 0 Å². The molecule has 4 heteroatoms. The van der Waals surface area contributed by atoms with Crippen molar-refractivity contribution in [1.29, 1.82) is 0 Å². The van der Waals surface area contributed by atoms with E-state index in [2.05, 4.69) is 119 Å². The van der Waals surface area contributed by atoms with E-state index in [0.717, 1.165) is 109 Å². The Bertz CT molecular complexity index is 2920. The van der Waals surface area contributed by atoms with Crippen molar-refractivity contribution >= 4 is 6.29 Å². The highest BCUT2D eigenvalue weighted by molar-refractivity contribution is 5.49. The van der Waals surface area contributed by atoms with Crippen molar-refractivity contribution in [3.05, 3.63) is 83.6 Å². The predicted octanol–water partition coefficient (Wildman–Crippen LogP) is 26.1. The minimum Gasteiger partial charge on any atom is -0.393 e. The van der Waals surface area contributed by atoms with Gasteiger partial charge in [0.25, 0.3) is 0 Å². The zero-order valence-corrected chi connectivity index (χ0v) is 66.7. The van der Waals surface area contributed by atoms with Crippen molar-refractivity contribution in [1.82, 2.24) is 0 Å². The zero-order chi connectivity index (χ0) is 71.0. The molecule has 100 heavy (non-hydrogen) atoms. The molecule has 0 saturated heterocycles. The lowest BCUT2D eigenvalue weighted by Gasteiger charge is -2.39. The number of allylic oxidation sites excluding steroid dienone is 10. The van der Waals surface area contributed by atoms with E-state index in [9.17, 15) is 20.1 Å². The molecule has 4 nitrogen and oxygen atoms in total. The van der Waals surface area contributed by atoms with E-state index >= 15 is 0 Å². The monoisotopic (exact) mass is 1370 g/mol. The first kappa shape index (κ1) is 77.3. The molecule has 0 aliphatic heterocycles. The molecular formula is C96H154O4. The Kier molecular flexibility index (Phi) is 24.7. The maximum Gasteiger partial charge on any atom is 0.120 e. The van der Waals surface area contributed by atoms with Gasteiger partial charge in [-0.1, -0.05) is 177 Å². The van der Waals surface area contributed by atoms with Gasteiger partial charge in [0.15, 0.2) is 0 Å². The van der Waals surface area contributed by atoms with E-state index in [4.69, 9.17) is 0 Å². The van der Waals surface area contributed by atoms with Crippen LogP contribution in [0.25, 0.3) is 0 Å². The van der Waals surface area contributed by atoms with Crippen LogP contribution in [0.1, 0.15) is 365 Å². The summed E-state index contributed by atoms with van der Waals surface area (Å²) in [5.41, 5.74) is 12.4. The molecule has 18 aliphatic carbocycles. The average Bonchev–Trinajstić information content (AvgIpc) is 1.59. The maximum absolute atomic E-state index is 10.7. The number of hydrogen-bond donors (Lipinski definition) is 3. The van der Waals surface area contributed by atoms with Gasteiger partial charge < -0.3 is 20.1 Å². The summed E-state index contributed by atoms with van der Waals surface area (Å²) < 4.78 is 0. The highest BCUT2D eigenvalue weighted by Gasteiger charge is 2.58. The molecule has 18 rings (SSSR count). The van der Waals surface area contributed by atoms with Crippen molar-refractivity contribution in [2.24, 2.45) is 127 Å². The summed E-state index contributed by atoms with van der Waals surface area (Å²) in [7, 11) is 0. The van der Waals surface area contributed by atoms with Gasteiger partial charge in [0, 0.05) is 11.8 Å². The molecule has 2 bridgehead atoms. The first-order valence-corrected chi connectivity index (χ1v) is 43.9. The number of carbonyl (C=O) groups excluding carboxylic acids is 1. The van der Waals surface area contributed by atoms with Gasteiger partial charge in [-0.15, -0.1) is 13.2 Å². The molecule has 18 aliphatic rings. The number of aliphatic hydroxyl groups is 3. The van der Waals surface area contributed by atoms with Crippen LogP contribution >= 0.6 is 0 Å². The van der Waals surface area contributed by atoms with Gasteiger partial charge in [0.05, 0.1) is 17.8 Å². The summed E-state index contributed by atoms with van der Waals surface area (Å²) in [4.78, 5) is 10.6. The Balaban J connectivity index is 0.000000111. The molecule has 0 aromatic rings. The lowest BCUT2D eigenvalue weighted by atomic mass is 9.66. The normalized spacial score (nSPS) is 47.7. The van der Waals surface area contributed by atoms with E-state index in [1.165, 1.54) is 269 Å². The van der Waals surface area contributed by atoms with Crippen molar-refractivity contribution < 1.29 is 20.1 Å². The minimum atomic E-state index is -0.294. The Morgan fingerprint density at radius 3 is 1.70 bits per heavy atom. The summed E-state index contributed by atoms with van der Waals surface area (Å²) in [6.07, 6.45) is 74.4. The number of rotatable bonds is 9. The topological polar surface area (TPSA) is 77.8 Å². The van der Waals surface area contributed by atoms with Gasteiger partial charge >= 0.3 is 0 Å². The summed E-state index contributed by atoms with van der Waals surface area (Å²) >= 11 is 0. The highest BCUT2D eigenvalue weighted by atomic mass is 16.3. The lowest BCUT2D eigenvalue weighted by Crippen LogP contribution is -2.32. The predicted molar refractivity (Wildman–Crippen MR) is 422 cm³/mol. The molecule has 3 N–H and O–H groups in total. The van der Waals surface area contributed by atoms with Gasteiger partial charge in [0.1, 0.15) is 6.29 Å². The van der Waals surface area contributed by atoms with E-state index in [1.807, 2.05) is 0 Å². The molecule has 0 heterocycles. The molecule has 0 aromatic heterocycles. The van der Waals surface area contributed by atoms with Gasteiger partial charge in [-0.25, -0.2) is 0 Å². The molecule has 0 aromatic carbocycles. The number of aldehydes is 1. The first-order chi connectivity index (χ1) is 47.7. The number of aliphatic hydroxyl groups excluding tert-OH is 2. The van der Waals surface area contributed by atoms with Crippen LogP contribution in [0.2, 0.25) is 0 Å². The Morgan fingerprint density at radius 1 is 0.520 bits per heavy atom. The van der Waals surface area contributed by atoms with Gasteiger partial charge in [-0.2, -0.15) is 0 Å². The summed E-state index contributed by atoms with van der Waals surface area (Å²) in [5.74, 6) is 13.2. The fourth-order valence-corrected chi connectivity index (χ4v) is 29.1. The second kappa shape index (κ2) is 31.9. The molecule has 0 radical (unpaired) electrons. The van der Waals surface area contributed by atoms with Crippen LogP contribution < -0.4 is 0 Å². The van der Waals surface area contributed by atoms with Crippen molar-refractivity contribution in [3.63, 3.8) is 0 Å². The number of carbonyl (C=O) groups is 1. The third-order valence-electron chi connectivity index (χ3n) is 34.7. The summed E-state index contributed by atoms with van der Waals surface area (Å²) in [5, 5.41) is 31.1. The Hall–Kier alpha value is -2.27. The maximum atomic E-state index is 10.7. The fraction of sp³-hybridized carbons (Fsp3) is 0.844. The fourth-order valence-electron chi connectivity index (χ4n) is 29.1. The first-order valence-electron chi connectivity index (χ1n) is 43.9. The van der Waals surface area contributed by atoms with E-state index in [-0.39, 0.29) is 23.2 Å². The molecule has 0 spiro atoms. The quantitative estimate of drug-likeness (QED) is 0.159. The van der Waals surface area contributed by atoms with E-state index in [1.54, 1.807) is 27.9 Å². The lowest BCUT2D eigenvalue weighted by molar-refractivity contribution is -0.108. The molecule has 0 amide bonds. The zero-order valence-electron chi connectivity index (χ0n) is 66.7. The van der Waals surface area contributed by atoms with Crippen LogP contribution in [0.4, 0.5) is 0 Å². The molecule has 15 saturated carbocycles. The van der Waals surface area contributed by atoms with Crippen molar-refractivity contribution in [3.8, 4) is 0 Å². The van der Waals surface area contributed by atoms with Crippen molar-refractivity contribution in [2.45, 2.75) is 382 Å². The van der Waals surface area contributed by atoms with Gasteiger partial charge in [0.2, 0.25) is 0 Å². The minimum absolute atomic E-state index is 0.0102. The number of fused-ring (bicyclic) bond motifs is 8. The standard InChI is InChI=1S/C17H26O.2C15H24O.C14H22O.C13H22.2C11H18/c1-17(10-13-4-2-3-5-13)11-15-8-14(6-7-18)9-16(15)12-17;1-10-5-3-8-13(10)15(2)9-11-6-4-7-12(11)14(15)16;1-15(11-5-3-2-4-6-11)10-9-12-13(15)7-8-14(12)16;1-13(11-5-3-2-4-6-11)10-14(15)8-7-12(13)9-14;1-9(2)13(4)8-10(3)11-6-5-7-12(11)13;1-3-11(2)7-9-5-4-6-10(9)8-11;1-3-11(2)8-7-9-5-4-6-10(9)11/h7,10,14-16H,2-6,8-9,11-12H2,1H3;11-12,14,16H,3-9H2,1-2H3;5,12-14,16H,2-4,6-10H2,1H3;5,12,15H,2-4,6-10H2,1H3;10-12H,1,5-8H2,2-4H3;2*3,9-10H,1,4-8H2,2H3. The van der Waals surface area contributed by atoms with Crippen molar-refractivity contribution in [2.75, 3.05) is 0 Å². The summed E-state index contributed by atoms with van der Waals surface area (Å²) in [6, 6.07) is 0.